The highest BCUT2D eigenvalue weighted by Crippen LogP contribution is 2.17. The van der Waals surface area contributed by atoms with Crippen molar-refractivity contribution in [2.75, 3.05) is 7.11 Å². The monoisotopic (exact) mass is 191 g/mol. The molecule has 0 aliphatic heterocycles. The summed E-state index contributed by atoms with van der Waals surface area (Å²) in [7, 11) is 1.63. The topological polar surface area (TPSA) is 38.7 Å². The highest BCUT2D eigenvalue weighted by atomic mass is 16.5. The lowest BCUT2D eigenvalue weighted by Crippen LogP contribution is -1.90. The first-order valence-corrected chi connectivity index (χ1v) is 4.50. The number of rotatable bonds is 4. The number of benzene rings is 1. The standard InChI is InChI=1S/C11H13NO2/c1-3-9-4-10(7-12-8-13)6-11(5-9)14-2/h4-6H,3,7H2,1-2H3. The van der Waals surface area contributed by atoms with Crippen molar-refractivity contribution in [3.63, 3.8) is 0 Å². The molecule has 0 aromatic heterocycles. The number of isocyanates is 1. The lowest BCUT2D eigenvalue weighted by molar-refractivity contribution is 0.413. The normalized spacial score (nSPS) is 9.29. The van der Waals surface area contributed by atoms with Gasteiger partial charge in [0, 0.05) is 0 Å². The minimum Gasteiger partial charge on any atom is -0.497 e. The molecular formula is C11H13NO2. The molecule has 0 aliphatic carbocycles. The second-order valence-electron chi connectivity index (χ2n) is 2.95. The molecule has 1 rings (SSSR count). The third kappa shape index (κ3) is 2.71. The van der Waals surface area contributed by atoms with E-state index in [1.807, 2.05) is 18.2 Å². The van der Waals surface area contributed by atoms with E-state index in [0.29, 0.717) is 6.54 Å². The summed E-state index contributed by atoms with van der Waals surface area (Å²) in [5.74, 6) is 0.806. The van der Waals surface area contributed by atoms with Crippen LogP contribution in [0.25, 0.3) is 0 Å². The van der Waals surface area contributed by atoms with E-state index in [4.69, 9.17) is 4.74 Å². The van der Waals surface area contributed by atoms with Gasteiger partial charge in [0.2, 0.25) is 6.08 Å². The number of nitrogens with zero attached hydrogens (tertiary/aromatic N) is 1. The molecule has 3 heteroatoms. The quantitative estimate of drug-likeness (QED) is 0.540. The fourth-order valence-electron chi connectivity index (χ4n) is 1.27. The summed E-state index contributed by atoms with van der Waals surface area (Å²) in [6, 6.07) is 5.87. The Morgan fingerprint density at radius 1 is 1.36 bits per heavy atom. The molecule has 74 valence electrons. The van der Waals surface area contributed by atoms with Gasteiger partial charge in [0.15, 0.2) is 0 Å². The fraction of sp³-hybridized carbons (Fsp3) is 0.364. The van der Waals surface area contributed by atoms with E-state index < -0.39 is 0 Å². The summed E-state index contributed by atoms with van der Waals surface area (Å²) in [6.07, 6.45) is 2.46. The Morgan fingerprint density at radius 3 is 2.64 bits per heavy atom. The van der Waals surface area contributed by atoms with Crippen LogP contribution in [0.5, 0.6) is 5.75 Å². The van der Waals surface area contributed by atoms with Gasteiger partial charge >= 0.3 is 0 Å². The van der Waals surface area contributed by atoms with Crippen molar-refractivity contribution < 1.29 is 9.53 Å². The van der Waals surface area contributed by atoms with Crippen molar-refractivity contribution in [3.8, 4) is 5.75 Å². The van der Waals surface area contributed by atoms with Crippen molar-refractivity contribution in [2.45, 2.75) is 19.9 Å². The van der Waals surface area contributed by atoms with Crippen LogP contribution in [-0.4, -0.2) is 13.2 Å². The molecule has 0 unspecified atom stereocenters. The van der Waals surface area contributed by atoms with Crippen LogP contribution < -0.4 is 4.74 Å². The van der Waals surface area contributed by atoms with Crippen LogP contribution in [-0.2, 0) is 17.8 Å². The lowest BCUT2D eigenvalue weighted by Gasteiger charge is -2.05. The molecular weight excluding hydrogens is 178 g/mol. The SMILES string of the molecule is CCc1cc(CN=C=O)cc(OC)c1. The first kappa shape index (κ1) is 10.5. The molecule has 0 radical (unpaired) electrons. The number of carbonyl (C=O) groups excluding carboxylic acids is 1. The second-order valence-corrected chi connectivity index (χ2v) is 2.95. The van der Waals surface area contributed by atoms with Crippen molar-refractivity contribution >= 4 is 6.08 Å². The van der Waals surface area contributed by atoms with E-state index in [1.54, 1.807) is 7.11 Å². The summed E-state index contributed by atoms with van der Waals surface area (Å²) < 4.78 is 5.14. The van der Waals surface area contributed by atoms with E-state index in [0.717, 1.165) is 17.7 Å². The maximum atomic E-state index is 9.96. The molecule has 0 amide bonds. The third-order valence-corrected chi connectivity index (χ3v) is 2.00. The number of hydrogen-bond acceptors (Lipinski definition) is 3. The van der Waals surface area contributed by atoms with Gasteiger partial charge in [-0.3, -0.25) is 0 Å². The number of ether oxygens (including phenoxy) is 1. The lowest BCUT2D eigenvalue weighted by atomic mass is 10.1. The zero-order valence-corrected chi connectivity index (χ0v) is 8.41. The van der Waals surface area contributed by atoms with Gasteiger partial charge in [-0.2, -0.15) is 0 Å². The minimum atomic E-state index is 0.369. The Morgan fingerprint density at radius 2 is 2.07 bits per heavy atom. The summed E-state index contributed by atoms with van der Waals surface area (Å²) in [5, 5.41) is 0. The Balaban J connectivity index is 2.97. The van der Waals surface area contributed by atoms with Crippen LogP contribution in [0.2, 0.25) is 0 Å². The molecule has 0 heterocycles. The molecule has 0 aliphatic rings. The van der Waals surface area contributed by atoms with Crippen LogP contribution in [0.15, 0.2) is 23.2 Å². The molecule has 0 N–H and O–H groups in total. The van der Waals surface area contributed by atoms with Crippen LogP contribution in [0.1, 0.15) is 18.1 Å². The minimum absolute atomic E-state index is 0.369. The van der Waals surface area contributed by atoms with Gasteiger partial charge in [0.05, 0.1) is 13.7 Å². The fourth-order valence-corrected chi connectivity index (χ4v) is 1.27. The molecule has 3 nitrogen and oxygen atoms in total. The molecule has 0 atom stereocenters. The van der Waals surface area contributed by atoms with Gasteiger partial charge in [-0.1, -0.05) is 13.0 Å². The van der Waals surface area contributed by atoms with Crippen molar-refractivity contribution in [1.82, 2.24) is 0 Å². The molecule has 0 fully saturated rings. The largest absolute Gasteiger partial charge is 0.497 e. The summed E-state index contributed by atoms with van der Waals surface area (Å²) >= 11 is 0. The molecule has 0 saturated heterocycles. The van der Waals surface area contributed by atoms with Crippen LogP contribution in [0.3, 0.4) is 0 Å². The summed E-state index contributed by atoms with van der Waals surface area (Å²) in [6.45, 7) is 2.44. The Bertz CT molecular complexity index is 332. The van der Waals surface area contributed by atoms with Crippen LogP contribution in [0.4, 0.5) is 0 Å². The predicted molar refractivity (Wildman–Crippen MR) is 54.2 cm³/mol. The molecule has 1 aromatic rings. The summed E-state index contributed by atoms with van der Waals surface area (Å²) in [4.78, 5) is 13.5. The van der Waals surface area contributed by atoms with Crippen molar-refractivity contribution in [1.29, 1.82) is 0 Å². The van der Waals surface area contributed by atoms with Crippen molar-refractivity contribution in [3.05, 3.63) is 29.3 Å². The van der Waals surface area contributed by atoms with E-state index in [2.05, 4.69) is 11.9 Å². The average Bonchev–Trinajstić information content (AvgIpc) is 2.25. The zero-order chi connectivity index (χ0) is 10.4. The third-order valence-electron chi connectivity index (χ3n) is 2.00. The van der Waals surface area contributed by atoms with Gasteiger partial charge in [0.1, 0.15) is 5.75 Å². The first-order valence-electron chi connectivity index (χ1n) is 4.50. The van der Waals surface area contributed by atoms with Gasteiger partial charge in [-0.25, -0.2) is 9.79 Å². The van der Waals surface area contributed by atoms with Gasteiger partial charge in [-0.15, -0.1) is 0 Å². The Labute approximate surface area is 83.4 Å². The number of methoxy groups -OCH3 is 1. The van der Waals surface area contributed by atoms with E-state index in [1.165, 1.54) is 11.6 Å². The Kier molecular flexibility index (Phi) is 3.89. The predicted octanol–water partition coefficient (Wildman–Crippen LogP) is 2.09. The molecule has 0 spiro atoms. The highest BCUT2D eigenvalue weighted by Gasteiger charge is 1.99. The van der Waals surface area contributed by atoms with E-state index >= 15 is 0 Å². The number of aliphatic imine (C=N–C) groups is 1. The highest BCUT2D eigenvalue weighted by molar-refractivity contribution is 5.37. The van der Waals surface area contributed by atoms with Gasteiger partial charge in [-0.05, 0) is 29.7 Å². The van der Waals surface area contributed by atoms with Crippen LogP contribution >= 0.6 is 0 Å². The van der Waals surface area contributed by atoms with Gasteiger partial charge < -0.3 is 4.74 Å². The average molecular weight is 191 g/mol. The molecule has 14 heavy (non-hydrogen) atoms. The summed E-state index contributed by atoms with van der Waals surface area (Å²) in [5.41, 5.74) is 2.16. The maximum absolute atomic E-state index is 9.96. The van der Waals surface area contributed by atoms with E-state index in [9.17, 15) is 4.79 Å². The maximum Gasteiger partial charge on any atom is 0.235 e. The second kappa shape index (κ2) is 5.20. The van der Waals surface area contributed by atoms with E-state index in [-0.39, 0.29) is 0 Å². The zero-order valence-electron chi connectivity index (χ0n) is 8.41. The van der Waals surface area contributed by atoms with Gasteiger partial charge in [0.25, 0.3) is 0 Å². The molecule has 1 aromatic carbocycles. The van der Waals surface area contributed by atoms with Crippen molar-refractivity contribution in [2.24, 2.45) is 4.99 Å². The first-order chi connectivity index (χ1) is 6.80. The smallest absolute Gasteiger partial charge is 0.235 e. The number of aryl methyl sites for hydroxylation is 1. The number of hydrogen-bond donors (Lipinski definition) is 0. The van der Waals surface area contributed by atoms with Crippen LogP contribution in [0, 0.1) is 0 Å². The molecule has 0 saturated carbocycles. The Hall–Kier alpha value is -1.60. The molecule has 0 bridgehead atoms.